The first-order chi connectivity index (χ1) is 15.6. The van der Waals surface area contributed by atoms with Crippen molar-refractivity contribution in [2.45, 2.75) is 45.6 Å². The molecular weight excluding hydrogens is 525 g/mol. The van der Waals surface area contributed by atoms with Crippen LogP contribution in [0, 0.1) is 0 Å². The molecule has 1 aromatic heterocycles. The van der Waals surface area contributed by atoms with Crippen molar-refractivity contribution in [3.05, 3.63) is 71.4 Å². The Balaban J connectivity index is 0.00000306. The van der Waals surface area contributed by atoms with Gasteiger partial charge in [-0.2, -0.15) is 0 Å². The van der Waals surface area contributed by atoms with E-state index in [1.54, 1.807) is 0 Å². The van der Waals surface area contributed by atoms with Crippen LogP contribution in [-0.4, -0.2) is 54.7 Å². The van der Waals surface area contributed by atoms with Crippen LogP contribution in [0.1, 0.15) is 30.5 Å². The molecule has 7 heteroatoms. The minimum Gasteiger partial charge on any atom is -0.373 e. The molecule has 3 aromatic rings. The van der Waals surface area contributed by atoms with Gasteiger partial charge in [0.05, 0.1) is 12.2 Å². The Bertz CT molecular complexity index is 1020. The maximum atomic E-state index is 5.84. The molecule has 4 rings (SSSR count). The van der Waals surface area contributed by atoms with Gasteiger partial charge >= 0.3 is 0 Å². The van der Waals surface area contributed by atoms with E-state index in [1.807, 2.05) is 7.05 Å². The molecule has 0 radical (unpaired) electrons. The number of hydrogen-bond donors (Lipinski definition) is 3. The summed E-state index contributed by atoms with van der Waals surface area (Å²) in [6.07, 6.45) is 3.65. The molecule has 178 valence electrons. The summed E-state index contributed by atoms with van der Waals surface area (Å²) in [6, 6.07) is 17.3. The standard InChI is InChI=1S/C26H35N5O.HI/c1-19-16-31(17-20(2)32-19)18-22-10-8-21(9-11-22)14-30-26(27-3)28-13-12-23-15-29-25-7-5-4-6-24(23)25;/h4-11,15,19-20,29H,12-14,16-18H2,1-3H3,(H2,27,28,30);1H. The highest BCUT2D eigenvalue weighted by Gasteiger charge is 2.21. The zero-order chi connectivity index (χ0) is 22.3. The average molecular weight is 562 g/mol. The number of rotatable bonds is 7. The van der Waals surface area contributed by atoms with Gasteiger partial charge in [0.15, 0.2) is 5.96 Å². The Morgan fingerprint density at radius 2 is 1.73 bits per heavy atom. The van der Waals surface area contributed by atoms with Gasteiger partial charge in [-0.3, -0.25) is 9.89 Å². The van der Waals surface area contributed by atoms with Gasteiger partial charge in [0.25, 0.3) is 0 Å². The fourth-order valence-electron chi connectivity index (χ4n) is 4.49. The number of morpholine rings is 1. The third kappa shape index (κ3) is 7.19. The van der Waals surface area contributed by atoms with Crippen molar-refractivity contribution >= 4 is 40.8 Å². The first kappa shape index (κ1) is 25.5. The number of para-hydroxylation sites is 1. The van der Waals surface area contributed by atoms with Crippen LogP contribution >= 0.6 is 24.0 Å². The zero-order valence-electron chi connectivity index (χ0n) is 19.8. The van der Waals surface area contributed by atoms with Crippen LogP contribution < -0.4 is 10.6 Å². The summed E-state index contributed by atoms with van der Waals surface area (Å²) in [5.74, 6) is 0.824. The Hall–Kier alpha value is -2.10. The summed E-state index contributed by atoms with van der Waals surface area (Å²) < 4.78 is 5.84. The lowest BCUT2D eigenvalue weighted by molar-refractivity contribution is -0.0704. The number of guanidine groups is 1. The quantitative estimate of drug-likeness (QED) is 0.229. The third-order valence-corrected chi connectivity index (χ3v) is 5.97. The van der Waals surface area contributed by atoms with Gasteiger partial charge in [0, 0.05) is 56.9 Å². The van der Waals surface area contributed by atoms with E-state index in [-0.39, 0.29) is 24.0 Å². The van der Waals surface area contributed by atoms with Crippen molar-refractivity contribution in [1.29, 1.82) is 0 Å². The Labute approximate surface area is 214 Å². The second kappa shape index (κ2) is 12.4. The van der Waals surface area contributed by atoms with Gasteiger partial charge in [-0.25, -0.2) is 0 Å². The summed E-state index contributed by atoms with van der Waals surface area (Å²) in [5.41, 5.74) is 5.10. The molecule has 2 unspecified atom stereocenters. The molecule has 2 aromatic carbocycles. The Kier molecular flexibility index (Phi) is 9.58. The predicted octanol–water partition coefficient (Wildman–Crippen LogP) is 4.30. The van der Waals surface area contributed by atoms with Gasteiger partial charge in [0.2, 0.25) is 0 Å². The maximum Gasteiger partial charge on any atom is 0.191 e. The first-order valence-electron chi connectivity index (χ1n) is 11.6. The highest BCUT2D eigenvalue weighted by molar-refractivity contribution is 14.0. The van der Waals surface area contributed by atoms with E-state index in [0.717, 1.165) is 45.1 Å². The number of aliphatic imine (C=N–C) groups is 1. The number of benzene rings is 2. The van der Waals surface area contributed by atoms with E-state index in [0.29, 0.717) is 12.2 Å². The Morgan fingerprint density at radius 3 is 2.45 bits per heavy atom. The largest absolute Gasteiger partial charge is 0.373 e. The van der Waals surface area contributed by atoms with Crippen LogP contribution in [0.3, 0.4) is 0 Å². The number of nitrogens with zero attached hydrogens (tertiary/aromatic N) is 2. The van der Waals surface area contributed by atoms with E-state index in [2.05, 4.69) is 94.1 Å². The molecule has 33 heavy (non-hydrogen) atoms. The van der Waals surface area contributed by atoms with Crippen molar-refractivity contribution in [1.82, 2.24) is 20.5 Å². The molecular formula is C26H36IN5O. The molecule has 2 heterocycles. The smallest absolute Gasteiger partial charge is 0.191 e. The molecule has 0 aliphatic carbocycles. The minimum atomic E-state index is 0. The third-order valence-electron chi connectivity index (χ3n) is 5.97. The van der Waals surface area contributed by atoms with E-state index in [9.17, 15) is 0 Å². The van der Waals surface area contributed by atoms with E-state index in [1.165, 1.54) is 27.6 Å². The fourth-order valence-corrected chi connectivity index (χ4v) is 4.49. The molecule has 2 atom stereocenters. The monoisotopic (exact) mass is 561 g/mol. The number of H-pyrrole nitrogens is 1. The topological polar surface area (TPSA) is 64.7 Å². The minimum absolute atomic E-state index is 0. The molecule has 0 saturated carbocycles. The van der Waals surface area contributed by atoms with E-state index >= 15 is 0 Å². The molecule has 1 fully saturated rings. The van der Waals surface area contributed by atoms with Crippen molar-refractivity contribution in [3.63, 3.8) is 0 Å². The van der Waals surface area contributed by atoms with Crippen LogP contribution in [0.4, 0.5) is 0 Å². The van der Waals surface area contributed by atoms with Crippen molar-refractivity contribution in [2.75, 3.05) is 26.7 Å². The van der Waals surface area contributed by atoms with Crippen LogP contribution in [0.5, 0.6) is 0 Å². The van der Waals surface area contributed by atoms with E-state index < -0.39 is 0 Å². The highest BCUT2D eigenvalue weighted by atomic mass is 127. The lowest BCUT2D eigenvalue weighted by Gasteiger charge is -2.35. The van der Waals surface area contributed by atoms with Gasteiger partial charge in [-0.15, -0.1) is 24.0 Å². The Morgan fingerprint density at radius 1 is 1.03 bits per heavy atom. The molecule has 0 amide bonds. The highest BCUT2D eigenvalue weighted by Crippen LogP contribution is 2.18. The molecule has 6 nitrogen and oxygen atoms in total. The molecule has 3 N–H and O–H groups in total. The second-order valence-electron chi connectivity index (χ2n) is 8.73. The van der Waals surface area contributed by atoms with Gasteiger partial charge < -0.3 is 20.4 Å². The van der Waals surface area contributed by atoms with Crippen molar-refractivity contribution in [3.8, 4) is 0 Å². The number of nitrogens with one attached hydrogen (secondary N) is 3. The summed E-state index contributed by atoms with van der Waals surface area (Å²) in [6.45, 7) is 8.85. The molecule has 1 saturated heterocycles. The predicted molar refractivity (Wildman–Crippen MR) is 147 cm³/mol. The summed E-state index contributed by atoms with van der Waals surface area (Å²) in [4.78, 5) is 10.2. The normalized spacial score (nSPS) is 19.3. The van der Waals surface area contributed by atoms with Gasteiger partial charge in [-0.05, 0) is 43.0 Å². The van der Waals surface area contributed by atoms with Crippen LogP contribution in [0.25, 0.3) is 10.9 Å². The van der Waals surface area contributed by atoms with Crippen molar-refractivity contribution < 1.29 is 4.74 Å². The zero-order valence-corrected chi connectivity index (χ0v) is 22.1. The van der Waals surface area contributed by atoms with Crippen LogP contribution in [-0.2, 0) is 24.2 Å². The van der Waals surface area contributed by atoms with E-state index in [4.69, 9.17) is 4.74 Å². The molecule has 1 aliphatic heterocycles. The number of ether oxygens (including phenoxy) is 1. The molecule has 0 bridgehead atoms. The van der Waals surface area contributed by atoms with Crippen molar-refractivity contribution in [2.24, 2.45) is 4.99 Å². The molecule has 1 aliphatic rings. The van der Waals surface area contributed by atoms with Crippen LogP contribution in [0.15, 0.2) is 59.7 Å². The molecule has 0 spiro atoms. The number of aromatic nitrogens is 1. The summed E-state index contributed by atoms with van der Waals surface area (Å²) in [5, 5.41) is 8.13. The van der Waals surface area contributed by atoms with Crippen LogP contribution in [0.2, 0.25) is 0 Å². The number of fused-ring (bicyclic) bond motifs is 1. The number of halogens is 1. The summed E-state index contributed by atoms with van der Waals surface area (Å²) >= 11 is 0. The number of aromatic amines is 1. The van der Waals surface area contributed by atoms with Gasteiger partial charge in [-0.1, -0.05) is 42.5 Å². The second-order valence-corrected chi connectivity index (χ2v) is 8.73. The average Bonchev–Trinajstić information content (AvgIpc) is 3.19. The lowest BCUT2D eigenvalue weighted by atomic mass is 10.1. The fraction of sp³-hybridized carbons (Fsp3) is 0.423. The van der Waals surface area contributed by atoms with Gasteiger partial charge in [0.1, 0.15) is 0 Å². The maximum absolute atomic E-state index is 5.84. The summed E-state index contributed by atoms with van der Waals surface area (Å²) in [7, 11) is 1.81. The SMILES string of the molecule is CN=C(NCCc1c[nH]c2ccccc12)NCc1ccc(CN2CC(C)OC(C)C2)cc1.I. The number of hydrogen-bond acceptors (Lipinski definition) is 3. The first-order valence-corrected chi connectivity index (χ1v) is 11.6. The lowest BCUT2D eigenvalue weighted by Crippen LogP contribution is -2.44.